The van der Waals surface area contributed by atoms with Crippen LogP contribution in [0.2, 0.25) is 0 Å². The van der Waals surface area contributed by atoms with E-state index in [4.69, 9.17) is 0 Å². The number of hydrogen-bond acceptors (Lipinski definition) is 4. The number of ketones is 2. The highest BCUT2D eigenvalue weighted by atomic mass is 79.9. The van der Waals surface area contributed by atoms with Crippen LogP contribution in [0.5, 0.6) is 0 Å². The van der Waals surface area contributed by atoms with E-state index < -0.39 is 12.5 Å². The summed E-state index contributed by atoms with van der Waals surface area (Å²) in [6.45, 7) is 3.37. The minimum Gasteiger partial charge on any atom is -0.293 e. The molecular formula is C28H34BrFN4O2. The zero-order valence-electron chi connectivity index (χ0n) is 21.3. The minimum atomic E-state index is -0.953. The van der Waals surface area contributed by atoms with Crippen molar-refractivity contribution in [3.63, 3.8) is 0 Å². The van der Waals surface area contributed by atoms with Gasteiger partial charge in [0.15, 0.2) is 18.2 Å². The molecule has 0 aliphatic rings. The fourth-order valence-corrected chi connectivity index (χ4v) is 3.04. The molecule has 0 saturated heterocycles. The van der Waals surface area contributed by atoms with Crippen LogP contribution < -0.4 is 0 Å². The molecule has 0 N–H and O–H groups in total. The zero-order chi connectivity index (χ0) is 26.8. The number of nitrogens with zero attached hydrogens (tertiary/aromatic N) is 4. The lowest BCUT2D eigenvalue weighted by Gasteiger charge is -1.89. The van der Waals surface area contributed by atoms with Crippen LogP contribution >= 0.6 is 15.9 Å². The van der Waals surface area contributed by atoms with Crippen molar-refractivity contribution >= 4 is 27.5 Å². The smallest absolute Gasteiger partial charge is 0.196 e. The molecule has 0 aliphatic heterocycles. The Bertz CT molecular complexity index is 1050. The first-order valence-electron chi connectivity index (χ1n) is 11.6. The van der Waals surface area contributed by atoms with Gasteiger partial charge < -0.3 is 0 Å². The number of Topliss-reactive ketones (excluding diaryl/α,β-unsaturated/α-hetero) is 2. The van der Waals surface area contributed by atoms with Gasteiger partial charge in [-0.2, -0.15) is 10.2 Å². The van der Waals surface area contributed by atoms with E-state index in [0.29, 0.717) is 16.5 Å². The van der Waals surface area contributed by atoms with Gasteiger partial charge in [0.2, 0.25) is 0 Å². The van der Waals surface area contributed by atoms with Crippen molar-refractivity contribution in [3.8, 4) is 0 Å². The van der Waals surface area contributed by atoms with Crippen molar-refractivity contribution in [2.24, 2.45) is 14.1 Å². The van der Waals surface area contributed by atoms with Gasteiger partial charge in [0.1, 0.15) is 0 Å². The highest BCUT2D eigenvalue weighted by Crippen LogP contribution is 2.00. The van der Waals surface area contributed by atoms with Crippen LogP contribution in [-0.4, -0.2) is 43.1 Å². The lowest BCUT2D eigenvalue weighted by Crippen LogP contribution is -1.98. The lowest BCUT2D eigenvalue weighted by molar-refractivity contribution is 0.0957. The van der Waals surface area contributed by atoms with E-state index in [-0.39, 0.29) is 5.78 Å². The number of hydrogen-bond donors (Lipinski definition) is 0. The summed E-state index contributed by atoms with van der Waals surface area (Å²) in [5.41, 5.74) is 3.80. The Hall–Kier alpha value is -3.39. The molecule has 2 heterocycles. The maximum absolute atomic E-state index is 11.7. The molecule has 0 radical (unpaired) electrons. The normalized spacial score (nSPS) is 9.50. The lowest BCUT2D eigenvalue weighted by atomic mass is 10.2. The first-order chi connectivity index (χ1) is 17.3. The van der Waals surface area contributed by atoms with E-state index >= 15 is 0 Å². The molecule has 2 aromatic carbocycles. The van der Waals surface area contributed by atoms with Crippen molar-refractivity contribution in [2.45, 2.75) is 26.7 Å². The van der Waals surface area contributed by atoms with Crippen LogP contribution in [-0.2, 0) is 26.9 Å². The summed E-state index contributed by atoms with van der Waals surface area (Å²) in [5.74, 6) is -0.457. The van der Waals surface area contributed by atoms with Gasteiger partial charge in [-0.05, 0) is 24.0 Å². The third-order valence-electron chi connectivity index (χ3n) is 4.80. The molecule has 0 spiro atoms. The third-order valence-corrected chi connectivity index (χ3v) is 5.31. The van der Waals surface area contributed by atoms with Gasteiger partial charge in [0.05, 0.1) is 28.9 Å². The van der Waals surface area contributed by atoms with Gasteiger partial charge in [-0.3, -0.25) is 19.0 Å². The molecule has 2 aromatic heterocycles. The fourth-order valence-electron chi connectivity index (χ4n) is 2.71. The predicted molar refractivity (Wildman–Crippen MR) is 146 cm³/mol. The average molecular weight is 558 g/mol. The van der Waals surface area contributed by atoms with Crippen LogP contribution in [0.3, 0.4) is 0 Å². The van der Waals surface area contributed by atoms with Crippen molar-refractivity contribution in [1.82, 2.24) is 19.6 Å². The second-order valence-electron chi connectivity index (χ2n) is 7.60. The molecule has 4 rings (SSSR count). The number of rotatable bonds is 6. The SMILES string of the molecule is CCc1ccccc1.CCc1ccccc1.Cn1cc(C(=O)CBr)cn1.Cn1cc(C(=O)CF)cn1. The van der Waals surface area contributed by atoms with Crippen molar-refractivity contribution < 1.29 is 14.0 Å². The second-order valence-corrected chi connectivity index (χ2v) is 8.16. The zero-order valence-corrected chi connectivity index (χ0v) is 22.9. The van der Waals surface area contributed by atoms with Crippen LogP contribution in [0.15, 0.2) is 85.5 Å². The molecule has 0 atom stereocenters. The molecule has 0 aliphatic carbocycles. The molecule has 6 nitrogen and oxygen atoms in total. The van der Waals surface area contributed by atoms with Crippen LogP contribution in [0.1, 0.15) is 45.7 Å². The summed E-state index contributed by atoms with van der Waals surface area (Å²) in [4.78, 5) is 21.5. The Kier molecular flexibility index (Phi) is 15.3. The molecule has 0 fully saturated rings. The minimum absolute atomic E-state index is 0.0631. The summed E-state index contributed by atoms with van der Waals surface area (Å²) in [5, 5.41) is 7.94. The maximum atomic E-state index is 11.7. The molecule has 8 heteroatoms. The number of halogens is 2. The molecule has 0 unspecified atom stereocenters. The van der Waals surface area contributed by atoms with E-state index in [1.165, 1.54) is 28.2 Å². The quantitative estimate of drug-likeness (QED) is 0.213. The van der Waals surface area contributed by atoms with Gasteiger partial charge in [-0.15, -0.1) is 0 Å². The predicted octanol–water partition coefficient (Wildman–Crippen LogP) is 6.07. The molecule has 0 saturated carbocycles. The van der Waals surface area contributed by atoms with Gasteiger partial charge in [0.25, 0.3) is 0 Å². The highest BCUT2D eigenvalue weighted by Gasteiger charge is 2.05. The number of benzene rings is 2. The van der Waals surface area contributed by atoms with Gasteiger partial charge in [-0.1, -0.05) is 90.4 Å². The van der Waals surface area contributed by atoms with Crippen molar-refractivity contribution in [3.05, 3.63) is 108 Å². The van der Waals surface area contributed by atoms with Crippen LogP contribution in [0, 0.1) is 0 Å². The number of carbonyl (C=O) groups excluding carboxylic acids is 2. The summed E-state index contributed by atoms with van der Waals surface area (Å²) in [7, 11) is 3.46. The fraction of sp³-hybridized carbons (Fsp3) is 0.286. The standard InChI is InChI=1S/2C8H10.C6H7BrN2O.C6H7FN2O/c2*1-2-8-6-4-3-5-7-8;2*1-9-4-5(3-8-9)6(10)2-7/h2*3-7H,2H2,1H3;2*3-4H,2H2,1H3. The number of aromatic nitrogens is 4. The van der Waals surface area contributed by atoms with Crippen molar-refractivity contribution in [2.75, 3.05) is 12.0 Å². The first kappa shape index (κ1) is 30.6. The topological polar surface area (TPSA) is 69.8 Å². The molecule has 4 aromatic rings. The maximum Gasteiger partial charge on any atom is 0.196 e. The summed E-state index contributed by atoms with van der Waals surface area (Å²) >= 11 is 3.07. The van der Waals surface area contributed by atoms with Gasteiger partial charge >= 0.3 is 0 Å². The monoisotopic (exact) mass is 556 g/mol. The average Bonchev–Trinajstić information content (AvgIpc) is 3.58. The van der Waals surface area contributed by atoms with Crippen LogP contribution in [0.4, 0.5) is 4.39 Å². The summed E-state index contributed by atoms with van der Waals surface area (Å²) < 4.78 is 14.8. The molecular weight excluding hydrogens is 523 g/mol. The molecule has 0 bridgehead atoms. The Morgan fingerprint density at radius 3 is 1.39 bits per heavy atom. The Labute approximate surface area is 221 Å². The molecule has 0 amide bonds. The van der Waals surface area contributed by atoms with E-state index in [1.54, 1.807) is 31.2 Å². The molecule has 192 valence electrons. The summed E-state index contributed by atoms with van der Waals surface area (Å²) in [6, 6.07) is 20.9. The highest BCUT2D eigenvalue weighted by molar-refractivity contribution is 9.09. The Morgan fingerprint density at radius 2 is 1.14 bits per heavy atom. The Morgan fingerprint density at radius 1 is 0.750 bits per heavy atom. The Balaban J connectivity index is 0.000000241. The third kappa shape index (κ3) is 12.4. The van der Waals surface area contributed by atoms with Gasteiger partial charge in [0, 0.05) is 26.5 Å². The largest absolute Gasteiger partial charge is 0.293 e. The molecule has 36 heavy (non-hydrogen) atoms. The second kappa shape index (κ2) is 18.0. The summed E-state index contributed by atoms with van der Waals surface area (Å²) in [6.07, 6.45) is 8.37. The van der Waals surface area contributed by atoms with E-state index in [9.17, 15) is 14.0 Å². The van der Waals surface area contributed by atoms with Crippen molar-refractivity contribution in [1.29, 1.82) is 0 Å². The van der Waals surface area contributed by atoms with E-state index in [1.807, 2.05) is 12.1 Å². The van der Waals surface area contributed by atoms with E-state index in [0.717, 1.165) is 12.8 Å². The number of carbonyl (C=O) groups is 2. The van der Waals surface area contributed by atoms with E-state index in [2.05, 4.69) is 88.5 Å². The first-order valence-corrected chi connectivity index (χ1v) is 12.7. The number of aryl methyl sites for hydroxylation is 4. The van der Waals surface area contributed by atoms with Crippen LogP contribution in [0.25, 0.3) is 0 Å². The number of alkyl halides is 2. The van der Waals surface area contributed by atoms with Gasteiger partial charge in [-0.25, -0.2) is 4.39 Å².